The lowest BCUT2D eigenvalue weighted by Gasteiger charge is -2.13. The first kappa shape index (κ1) is 8.92. The molecule has 1 rings (SSSR count). The summed E-state index contributed by atoms with van der Waals surface area (Å²) in [5.74, 6) is 2.28. The summed E-state index contributed by atoms with van der Waals surface area (Å²) in [7, 11) is 0. The van der Waals surface area contributed by atoms with Crippen molar-refractivity contribution in [3.05, 3.63) is 0 Å². The Labute approximate surface area is 59.1 Å². The maximum Gasteiger partial charge on any atom is 0.457 e. The van der Waals surface area contributed by atoms with E-state index in [9.17, 15) is 0 Å². The van der Waals surface area contributed by atoms with Gasteiger partial charge in [-0.3, -0.25) is 0 Å². The molecule has 0 bridgehead atoms. The number of hydrogen-bond donors (Lipinski definition) is 0. The van der Waals surface area contributed by atoms with Gasteiger partial charge in [-0.25, -0.2) is 0 Å². The van der Waals surface area contributed by atoms with Crippen LogP contribution in [0.25, 0.3) is 0 Å². The van der Waals surface area contributed by atoms with Gasteiger partial charge in [0.25, 0.3) is 0 Å². The lowest BCUT2D eigenvalue weighted by molar-refractivity contribution is 0.291. The van der Waals surface area contributed by atoms with Gasteiger partial charge in [0.15, 0.2) is 0 Å². The number of rotatable bonds is 0. The van der Waals surface area contributed by atoms with Crippen LogP contribution in [0.5, 0.6) is 0 Å². The SMILES string of the molecule is P.[CH3][Al]1[CH2]CCC[O]1. The van der Waals surface area contributed by atoms with Gasteiger partial charge in [0, 0.05) is 6.61 Å². The average molecular weight is 148 g/mol. The Morgan fingerprint density at radius 1 is 1.38 bits per heavy atom. The molecule has 0 aromatic carbocycles. The second kappa shape index (κ2) is 4.77. The molecule has 8 heavy (non-hydrogen) atoms. The van der Waals surface area contributed by atoms with Crippen molar-refractivity contribution < 1.29 is 3.79 Å². The highest BCUT2D eigenvalue weighted by molar-refractivity contribution is 6.92. The van der Waals surface area contributed by atoms with Crippen molar-refractivity contribution in [1.82, 2.24) is 0 Å². The number of hydrogen-bond acceptors (Lipinski definition) is 1. The molecule has 1 fully saturated rings. The molecule has 1 nitrogen and oxygen atoms in total. The van der Waals surface area contributed by atoms with Gasteiger partial charge in [-0.15, -0.1) is 0 Å². The smallest absolute Gasteiger partial charge is 0.457 e. The van der Waals surface area contributed by atoms with Gasteiger partial charge in [0.05, 0.1) is 0 Å². The van der Waals surface area contributed by atoms with Gasteiger partial charge in [-0.2, -0.15) is 9.90 Å². The molecule has 0 aromatic rings. The molecule has 0 spiro atoms. The standard InChI is InChI=1S/C4H8O.CH3.Al.H3P/c1-2-3-4-5;;;/h1-4H2;1H3;;1H3/q-1;;+1;. The summed E-state index contributed by atoms with van der Waals surface area (Å²) in [6.07, 6.45) is 2.73. The fourth-order valence-electron chi connectivity index (χ4n) is 0.902. The monoisotopic (exact) mass is 148 g/mol. The third-order valence-electron chi connectivity index (χ3n) is 1.41. The lowest BCUT2D eigenvalue weighted by atomic mass is 10.4. The van der Waals surface area contributed by atoms with Crippen molar-refractivity contribution >= 4 is 24.4 Å². The fraction of sp³-hybridized carbons (Fsp3) is 1.00. The van der Waals surface area contributed by atoms with Crippen molar-refractivity contribution in [2.75, 3.05) is 6.61 Å². The Hall–Kier alpha value is 0.922. The van der Waals surface area contributed by atoms with Crippen LogP contribution in [-0.2, 0) is 3.79 Å². The van der Waals surface area contributed by atoms with Crippen molar-refractivity contribution in [1.29, 1.82) is 0 Å². The first-order chi connectivity index (χ1) is 3.39. The highest BCUT2D eigenvalue weighted by Crippen LogP contribution is 2.09. The summed E-state index contributed by atoms with van der Waals surface area (Å²) in [4.78, 5) is 0. The van der Waals surface area contributed by atoms with Crippen LogP contribution >= 0.6 is 9.90 Å². The minimum atomic E-state index is -0.595. The van der Waals surface area contributed by atoms with E-state index in [0.717, 1.165) is 6.61 Å². The zero-order valence-electron chi connectivity index (χ0n) is 5.52. The summed E-state index contributed by atoms with van der Waals surface area (Å²) in [5, 5.41) is 1.40. The van der Waals surface area contributed by atoms with Crippen LogP contribution in [0.1, 0.15) is 12.8 Å². The molecule has 3 heteroatoms. The maximum atomic E-state index is 5.42. The normalized spacial score (nSPS) is 19.9. The zero-order valence-corrected chi connectivity index (χ0v) is 8.09. The Morgan fingerprint density at radius 3 is 2.38 bits per heavy atom. The molecular formula is C5H14AlOP. The summed E-state index contributed by atoms with van der Waals surface area (Å²) in [6.45, 7) is 1.05. The molecule has 1 saturated heterocycles. The topological polar surface area (TPSA) is 9.23 Å². The van der Waals surface area contributed by atoms with Gasteiger partial charge in [0.2, 0.25) is 0 Å². The average Bonchev–Trinajstić information content (AvgIpc) is 1.69. The van der Waals surface area contributed by atoms with E-state index in [-0.39, 0.29) is 9.90 Å². The predicted molar refractivity (Wildman–Crippen MR) is 42.7 cm³/mol. The van der Waals surface area contributed by atoms with Crippen molar-refractivity contribution in [3.63, 3.8) is 0 Å². The Morgan fingerprint density at radius 2 is 2.12 bits per heavy atom. The van der Waals surface area contributed by atoms with Crippen LogP contribution in [-0.4, -0.2) is 21.1 Å². The third kappa shape index (κ3) is 3.05. The molecule has 1 atom stereocenters. The molecule has 1 heterocycles. The molecule has 48 valence electrons. The molecular weight excluding hydrogens is 134 g/mol. The van der Waals surface area contributed by atoms with Crippen molar-refractivity contribution in [3.8, 4) is 0 Å². The van der Waals surface area contributed by atoms with Crippen LogP contribution in [0.15, 0.2) is 0 Å². The van der Waals surface area contributed by atoms with Crippen molar-refractivity contribution in [2.45, 2.75) is 23.9 Å². The molecule has 0 saturated carbocycles. The Bertz CT molecular complexity index is 54.4. The minimum Gasteiger partial charge on any atom is -0.501 e. The van der Waals surface area contributed by atoms with Crippen LogP contribution in [0, 0.1) is 0 Å². The Balaban J connectivity index is 0.000000490. The Kier molecular flexibility index (Phi) is 5.32. The van der Waals surface area contributed by atoms with Crippen molar-refractivity contribution in [2.24, 2.45) is 0 Å². The third-order valence-corrected chi connectivity index (χ3v) is 3.43. The first-order valence-electron chi connectivity index (χ1n) is 3.01. The molecule has 1 aliphatic heterocycles. The largest absolute Gasteiger partial charge is 0.501 e. The van der Waals surface area contributed by atoms with Gasteiger partial charge in [0.1, 0.15) is 0 Å². The zero-order chi connectivity index (χ0) is 5.11. The second-order valence-corrected chi connectivity index (χ2v) is 4.71. The lowest BCUT2D eigenvalue weighted by Crippen LogP contribution is -2.18. The molecule has 1 aliphatic rings. The van der Waals surface area contributed by atoms with E-state index in [2.05, 4.69) is 5.79 Å². The highest BCUT2D eigenvalue weighted by atomic mass is 31.0. The maximum absolute atomic E-state index is 5.42. The van der Waals surface area contributed by atoms with Gasteiger partial charge >= 0.3 is 14.5 Å². The second-order valence-electron chi connectivity index (χ2n) is 2.18. The van der Waals surface area contributed by atoms with Gasteiger partial charge in [-0.1, -0.05) is 17.5 Å². The summed E-state index contributed by atoms with van der Waals surface area (Å²) >= 11 is -0.595. The van der Waals surface area contributed by atoms with E-state index in [1.54, 1.807) is 0 Å². The van der Waals surface area contributed by atoms with Crippen LogP contribution in [0.3, 0.4) is 0 Å². The molecule has 0 amide bonds. The van der Waals surface area contributed by atoms with E-state index in [4.69, 9.17) is 3.79 Å². The molecule has 1 unspecified atom stereocenters. The minimum absolute atomic E-state index is 0. The molecule has 0 N–H and O–H groups in total. The van der Waals surface area contributed by atoms with E-state index in [0.29, 0.717) is 0 Å². The van der Waals surface area contributed by atoms with Gasteiger partial charge in [-0.05, 0) is 6.42 Å². The highest BCUT2D eigenvalue weighted by Gasteiger charge is 2.15. The van der Waals surface area contributed by atoms with Crippen LogP contribution in [0.4, 0.5) is 0 Å². The van der Waals surface area contributed by atoms with E-state index in [1.807, 2.05) is 0 Å². The van der Waals surface area contributed by atoms with Gasteiger partial charge < -0.3 is 3.79 Å². The fourth-order valence-corrected chi connectivity index (χ4v) is 2.50. The predicted octanol–water partition coefficient (Wildman–Crippen LogP) is 1.48. The van der Waals surface area contributed by atoms with E-state index in [1.165, 1.54) is 18.1 Å². The molecule has 0 aromatic heterocycles. The molecule has 0 aliphatic carbocycles. The summed E-state index contributed by atoms with van der Waals surface area (Å²) in [6, 6.07) is 0. The summed E-state index contributed by atoms with van der Waals surface area (Å²) in [5.41, 5.74) is 0. The van der Waals surface area contributed by atoms with Crippen LogP contribution in [0.2, 0.25) is 11.1 Å². The first-order valence-corrected chi connectivity index (χ1v) is 5.45. The van der Waals surface area contributed by atoms with E-state index < -0.39 is 14.5 Å². The van der Waals surface area contributed by atoms with E-state index >= 15 is 0 Å². The van der Waals surface area contributed by atoms with Crippen LogP contribution < -0.4 is 0 Å². The summed E-state index contributed by atoms with van der Waals surface area (Å²) < 4.78 is 5.42. The quantitative estimate of drug-likeness (QED) is 0.373. The molecule has 0 radical (unpaired) electrons.